The van der Waals surface area contributed by atoms with Crippen molar-refractivity contribution in [1.82, 2.24) is 10.3 Å². The third-order valence-corrected chi connectivity index (χ3v) is 4.90. The van der Waals surface area contributed by atoms with Gasteiger partial charge in [-0.3, -0.25) is 0 Å². The molecule has 4 heteroatoms. The van der Waals surface area contributed by atoms with Crippen LogP contribution in [0, 0.1) is 0 Å². The summed E-state index contributed by atoms with van der Waals surface area (Å²) < 4.78 is 5.19. The van der Waals surface area contributed by atoms with Crippen LogP contribution in [0.5, 0.6) is 5.75 Å². The molecule has 1 aliphatic rings. The highest BCUT2D eigenvalue weighted by Crippen LogP contribution is 2.37. The molecule has 3 nitrogen and oxygen atoms in total. The molecule has 2 aromatic rings. The first-order valence-electron chi connectivity index (χ1n) is 6.63. The topological polar surface area (TPSA) is 34.2 Å². The van der Waals surface area contributed by atoms with Gasteiger partial charge < -0.3 is 10.1 Å². The quantitative estimate of drug-likeness (QED) is 0.931. The molecule has 1 N–H and O–H groups in total. The fraction of sp³-hybridized carbons (Fsp3) is 0.400. The predicted molar refractivity (Wildman–Crippen MR) is 78.8 cm³/mol. The van der Waals surface area contributed by atoms with E-state index in [0.29, 0.717) is 6.04 Å². The van der Waals surface area contributed by atoms with Gasteiger partial charge in [-0.1, -0.05) is 0 Å². The number of hydrogen-bond donors (Lipinski definition) is 1. The van der Waals surface area contributed by atoms with E-state index >= 15 is 0 Å². The molecule has 1 aliphatic carbocycles. The van der Waals surface area contributed by atoms with Gasteiger partial charge >= 0.3 is 0 Å². The molecular formula is C15H18N2OS. The summed E-state index contributed by atoms with van der Waals surface area (Å²) in [4.78, 5) is 6.23. The normalized spacial score (nSPS) is 18.1. The minimum Gasteiger partial charge on any atom is -0.497 e. The number of aromatic nitrogens is 1. The van der Waals surface area contributed by atoms with Crippen LogP contribution in [0.1, 0.15) is 29.5 Å². The summed E-state index contributed by atoms with van der Waals surface area (Å²) in [6.45, 7) is 0. The minimum atomic E-state index is 0.480. The summed E-state index contributed by atoms with van der Waals surface area (Å²) in [5.41, 5.74) is 2.46. The summed E-state index contributed by atoms with van der Waals surface area (Å²) in [6, 6.07) is 8.62. The van der Waals surface area contributed by atoms with Crippen molar-refractivity contribution in [3.05, 3.63) is 34.8 Å². The number of hydrogen-bond acceptors (Lipinski definition) is 4. The predicted octanol–water partition coefficient (Wildman–Crippen LogP) is 3.42. The molecule has 3 rings (SSSR count). The number of ether oxygens (including phenoxy) is 1. The fourth-order valence-electron chi connectivity index (χ4n) is 2.55. The lowest BCUT2D eigenvalue weighted by atomic mass is 9.98. The molecule has 0 saturated heterocycles. The van der Waals surface area contributed by atoms with Crippen molar-refractivity contribution in [1.29, 1.82) is 0 Å². The van der Waals surface area contributed by atoms with Gasteiger partial charge in [0.2, 0.25) is 0 Å². The second-order valence-electron chi connectivity index (χ2n) is 4.79. The molecule has 1 unspecified atom stereocenters. The number of nitrogens with one attached hydrogen (secondary N) is 1. The average Bonchev–Trinajstić information content (AvgIpc) is 2.91. The number of thiazole rings is 1. The molecule has 19 heavy (non-hydrogen) atoms. The zero-order chi connectivity index (χ0) is 13.2. The van der Waals surface area contributed by atoms with Crippen LogP contribution in [0.2, 0.25) is 0 Å². The summed E-state index contributed by atoms with van der Waals surface area (Å²) in [7, 11) is 3.72. The van der Waals surface area contributed by atoms with Crippen LogP contribution in [0.4, 0.5) is 0 Å². The lowest BCUT2D eigenvalue weighted by molar-refractivity contribution is 0.415. The van der Waals surface area contributed by atoms with Gasteiger partial charge in [0.25, 0.3) is 0 Å². The van der Waals surface area contributed by atoms with Gasteiger partial charge in [-0.15, -0.1) is 11.3 Å². The van der Waals surface area contributed by atoms with Crippen LogP contribution in [-0.2, 0) is 6.42 Å². The Morgan fingerprint density at radius 2 is 2.11 bits per heavy atom. The SMILES string of the molecule is CNC1CCCc2nc(-c3ccc(OC)cc3)sc21. The van der Waals surface area contributed by atoms with Crippen LogP contribution in [-0.4, -0.2) is 19.1 Å². The van der Waals surface area contributed by atoms with Gasteiger partial charge in [-0.25, -0.2) is 4.98 Å². The van der Waals surface area contributed by atoms with E-state index in [1.165, 1.54) is 29.0 Å². The Labute approximate surface area is 117 Å². The molecule has 0 fully saturated rings. The monoisotopic (exact) mass is 274 g/mol. The Morgan fingerprint density at radius 3 is 2.79 bits per heavy atom. The second-order valence-corrected chi connectivity index (χ2v) is 5.82. The maximum atomic E-state index is 5.19. The second kappa shape index (κ2) is 5.31. The molecule has 0 spiro atoms. The van der Waals surface area contributed by atoms with Crippen molar-refractivity contribution in [3.63, 3.8) is 0 Å². The first kappa shape index (κ1) is 12.6. The number of nitrogens with zero attached hydrogens (tertiary/aromatic N) is 1. The molecule has 1 aromatic carbocycles. The van der Waals surface area contributed by atoms with Crippen LogP contribution >= 0.6 is 11.3 Å². The largest absolute Gasteiger partial charge is 0.497 e. The summed E-state index contributed by atoms with van der Waals surface area (Å²) in [5, 5.41) is 4.51. The molecule has 0 radical (unpaired) electrons. The van der Waals surface area contributed by atoms with Crippen molar-refractivity contribution in [2.75, 3.05) is 14.2 Å². The number of aryl methyl sites for hydroxylation is 1. The molecule has 0 bridgehead atoms. The lowest BCUT2D eigenvalue weighted by Crippen LogP contribution is -2.19. The van der Waals surface area contributed by atoms with Gasteiger partial charge in [0.15, 0.2) is 0 Å². The van der Waals surface area contributed by atoms with Crippen molar-refractivity contribution in [3.8, 4) is 16.3 Å². The average molecular weight is 274 g/mol. The van der Waals surface area contributed by atoms with E-state index in [-0.39, 0.29) is 0 Å². The maximum Gasteiger partial charge on any atom is 0.123 e. The van der Waals surface area contributed by atoms with Crippen LogP contribution < -0.4 is 10.1 Å². The molecular weight excluding hydrogens is 256 g/mol. The molecule has 1 atom stereocenters. The van der Waals surface area contributed by atoms with Crippen molar-refractivity contribution < 1.29 is 4.74 Å². The first-order valence-corrected chi connectivity index (χ1v) is 7.44. The molecule has 100 valence electrons. The van der Waals surface area contributed by atoms with Crippen molar-refractivity contribution in [2.45, 2.75) is 25.3 Å². The standard InChI is InChI=1S/C15H18N2OS/c1-16-12-4-3-5-13-14(12)19-15(17-13)10-6-8-11(18-2)9-7-10/h6-9,12,16H,3-5H2,1-2H3. The van der Waals surface area contributed by atoms with E-state index in [1.807, 2.05) is 30.5 Å². The Morgan fingerprint density at radius 1 is 1.32 bits per heavy atom. The molecule has 0 saturated carbocycles. The van der Waals surface area contributed by atoms with Crippen LogP contribution in [0.15, 0.2) is 24.3 Å². The van der Waals surface area contributed by atoms with Crippen LogP contribution in [0.25, 0.3) is 10.6 Å². The summed E-state index contributed by atoms with van der Waals surface area (Å²) in [5.74, 6) is 0.887. The third-order valence-electron chi connectivity index (χ3n) is 3.64. The number of rotatable bonds is 3. The number of fused-ring (bicyclic) bond motifs is 1. The van der Waals surface area contributed by atoms with Gasteiger partial charge in [-0.2, -0.15) is 0 Å². The maximum absolute atomic E-state index is 5.19. The lowest BCUT2D eigenvalue weighted by Gasteiger charge is -2.19. The van der Waals surface area contributed by atoms with E-state index in [1.54, 1.807) is 7.11 Å². The van der Waals surface area contributed by atoms with Gasteiger partial charge in [0.05, 0.1) is 12.8 Å². The van der Waals surface area contributed by atoms with E-state index < -0.39 is 0 Å². The fourth-order valence-corrected chi connectivity index (χ4v) is 3.81. The Bertz CT molecular complexity index is 562. The third kappa shape index (κ3) is 2.38. The first-order chi connectivity index (χ1) is 9.31. The molecule has 1 heterocycles. The van der Waals surface area contributed by atoms with Gasteiger partial charge in [0.1, 0.15) is 10.8 Å². The molecule has 0 amide bonds. The zero-order valence-corrected chi connectivity index (χ0v) is 12.1. The number of methoxy groups -OCH3 is 1. The minimum absolute atomic E-state index is 0.480. The highest BCUT2D eigenvalue weighted by atomic mass is 32.1. The summed E-state index contributed by atoms with van der Waals surface area (Å²) >= 11 is 1.82. The number of benzene rings is 1. The highest BCUT2D eigenvalue weighted by Gasteiger charge is 2.23. The van der Waals surface area contributed by atoms with Crippen molar-refractivity contribution >= 4 is 11.3 Å². The highest BCUT2D eigenvalue weighted by molar-refractivity contribution is 7.15. The van der Waals surface area contributed by atoms with E-state index in [9.17, 15) is 0 Å². The Hall–Kier alpha value is -1.39. The van der Waals surface area contributed by atoms with Gasteiger partial charge in [0, 0.05) is 16.5 Å². The molecule has 1 aromatic heterocycles. The van der Waals surface area contributed by atoms with Crippen LogP contribution in [0.3, 0.4) is 0 Å². The molecule has 0 aliphatic heterocycles. The van der Waals surface area contributed by atoms with E-state index in [4.69, 9.17) is 9.72 Å². The Kier molecular flexibility index (Phi) is 3.53. The van der Waals surface area contributed by atoms with Gasteiger partial charge in [-0.05, 0) is 50.6 Å². The summed E-state index contributed by atoms with van der Waals surface area (Å²) in [6.07, 6.45) is 3.55. The smallest absolute Gasteiger partial charge is 0.123 e. The van der Waals surface area contributed by atoms with Crippen molar-refractivity contribution in [2.24, 2.45) is 0 Å². The zero-order valence-electron chi connectivity index (χ0n) is 11.3. The van der Waals surface area contributed by atoms with E-state index in [0.717, 1.165) is 17.2 Å². The van der Waals surface area contributed by atoms with E-state index in [2.05, 4.69) is 17.4 Å². The Balaban J connectivity index is 1.95.